The van der Waals surface area contributed by atoms with E-state index in [1.54, 1.807) is 23.2 Å². The molecule has 0 radical (unpaired) electrons. The lowest BCUT2D eigenvalue weighted by atomic mass is 10.1. The lowest BCUT2D eigenvalue weighted by molar-refractivity contribution is -0.142. The van der Waals surface area contributed by atoms with Crippen LogP contribution in [0.4, 0.5) is 10.2 Å². The highest BCUT2D eigenvalue weighted by Gasteiger charge is 2.29. The fourth-order valence-corrected chi connectivity index (χ4v) is 5.72. The van der Waals surface area contributed by atoms with Gasteiger partial charge in [-0.1, -0.05) is 12.1 Å². The van der Waals surface area contributed by atoms with Crippen molar-refractivity contribution in [3.8, 4) is 16.5 Å². The van der Waals surface area contributed by atoms with Gasteiger partial charge in [0.15, 0.2) is 5.69 Å². The second-order valence-corrected chi connectivity index (χ2v) is 11.4. The van der Waals surface area contributed by atoms with Crippen LogP contribution < -0.4 is 10.5 Å². The number of hydrogen-bond acceptors (Lipinski definition) is 8. The summed E-state index contributed by atoms with van der Waals surface area (Å²) < 4.78 is 15.8. The van der Waals surface area contributed by atoms with E-state index in [0.717, 1.165) is 43.9 Å². The molecule has 1 saturated heterocycles. The number of carbonyl (C=O) groups excluding carboxylic acids is 3. The molecule has 1 aliphatic rings. The molecule has 0 aliphatic carbocycles. The number of aromatic hydroxyl groups is 1. The molecule has 12 nitrogen and oxygen atoms in total. The van der Waals surface area contributed by atoms with Crippen LogP contribution in [0.1, 0.15) is 29.7 Å². The van der Waals surface area contributed by atoms with Crippen molar-refractivity contribution in [2.24, 2.45) is 0 Å². The minimum absolute atomic E-state index is 0.000367. The number of thiazole rings is 1. The van der Waals surface area contributed by atoms with Gasteiger partial charge in [-0.05, 0) is 37.0 Å². The van der Waals surface area contributed by atoms with Gasteiger partial charge >= 0.3 is 17.4 Å². The molecule has 4 aromatic rings. The predicted octanol–water partition coefficient (Wildman–Crippen LogP) is 2.12. The van der Waals surface area contributed by atoms with E-state index in [1.807, 2.05) is 0 Å². The van der Waals surface area contributed by atoms with Crippen LogP contribution in [0.3, 0.4) is 0 Å². The second-order valence-electron chi connectivity index (χ2n) is 10.3. The van der Waals surface area contributed by atoms with Crippen molar-refractivity contribution >= 4 is 40.7 Å². The zero-order valence-electron chi connectivity index (χ0n) is 23.4. The van der Waals surface area contributed by atoms with Crippen LogP contribution in [0.5, 0.6) is 5.75 Å². The van der Waals surface area contributed by atoms with Gasteiger partial charge < -0.3 is 19.5 Å². The Morgan fingerprint density at radius 2 is 1.74 bits per heavy atom. The summed E-state index contributed by atoms with van der Waals surface area (Å²) in [6.07, 6.45) is 6.29. The number of piperidine rings is 1. The number of fused-ring (bicyclic) bond motifs is 1. The number of rotatable bonds is 6. The number of halogens is 1. The lowest BCUT2D eigenvalue weighted by Crippen LogP contribution is -2.41. The number of nitrogens with zero attached hydrogens (tertiary/aromatic N) is 7. The molecule has 0 spiro atoms. The van der Waals surface area contributed by atoms with Crippen LogP contribution in [0.15, 0.2) is 41.5 Å². The first-order valence-corrected chi connectivity index (χ1v) is 14.2. The van der Waals surface area contributed by atoms with Crippen molar-refractivity contribution in [1.82, 2.24) is 28.7 Å². The van der Waals surface area contributed by atoms with E-state index in [0.29, 0.717) is 19.5 Å². The van der Waals surface area contributed by atoms with Crippen LogP contribution in [-0.4, -0.2) is 85.8 Å². The van der Waals surface area contributed by atoms with Gasteiger partial charge in [-0.25, -0.2) is 18.8 Å². The monoisotopic (exact) mass is 595 g/mol. The molecule has 1 N–H and O–H groups in total. The van der Waals surface area contributed by atoms with Crippen LogP contribution >= 0.6 is 11.3 Å². The van der Waals surface area contributed by atoms with Crippen LogP contribution in [0, 0.1) is 5.82 Å². The molecule has 1 aromatic carbocycles. The van der Waals surface area contributed by atoms with E-state index in [-0.39, 0.29) is 40.6 Å². The molecule has 0 bridgehead atoms. The molecular formula is C28H30FN7O5S. The Morgan fingerprint density at radius 1 is 1.05 bits per heavy atom. The topological polar surface area (TPSA) is 133 Å². The Hall–Kier alpha value is -4.59. The Balaban J connectivity index is 1.58. The zero-order valence-corrected chi connectivity index (χ0v) is 24.2. The molecule has 5 rings (SSSR count). The summed E-state index contributed by atoms with van der Waals surface area (Å²) in [5.74, 6) is -2.99. The van der Waals surface area contributed by atoms with Crippen LogP contribution in [0.2, 0.25) is 0 Å². The summed E-state index contributed by atoms with van der Waals surface area (Å²) in [4.78, 5) is 65.6. The third-order valence-electron chi connectivity index (χ3n) is 7.10. The molecule has 14 heteroatoms. The number of benzene rings is 1. The number of aromatic nitrogens is 4. The van der Waals surface area contributed by atoms with Crippen LogP contribution in [-0.2, 0) is 27.3 Å². The summed E-state index contributed by atoms with van der Waals surface area (Å²) >= 11 is 1.21. The Bertz CT molecular complexity index is 1720. The minimum Gasteiger partial charge on any atom is -0.501 e. The van der Waals surface area contributed by atoms with E-state index in [4.69, 9.17) is 0 Å². The molecule has 3 aromatic heterocycles. The maximum absolute atomic E-state index is 13.6. The first-order valence-electron chi connectivity index (χ1n) is 13.4. The highest BCUT2D eigenvalue weighted by atomic mass is 32.1. The third kappa shape index (κ3) is 5.62. The van der Waals surface area contributed by atoms with Gasteiger partial charge in [0.2, 0.25) is 17.4 Å². The minimum atomic E-state index is -0.915. The fourth-order valence-electron chi connectivity index (χ4n) is 4.79. The van der Waals surface area contributed by atoms with E-state index >= 15 is 0 Å². The smallest absolute Gasteiger partial charge is 0.317 e. The van der Waals surface area contributed by atoms with Crippen LogP contribution in [0.25, 0.3) is 16.5 Å². The standard InChI is InChI=1S/C28H30FN7O5S/c1-32(2)26(40)27(41)33(3)20-15-35(16-21(37)34-11-5-4-6-12-34)28-31-22(23(38)25(39)36(20)28)24-30-14-19(42-24)13-17-7-9-18(29)10-8-17/h7-10,14-15,38H,4-6,11-13,16H2,1-3H3. The van der Waals surface area contributed by atoms with Crippen molar-refractivity contribution in [2.45, 2.75) is 32.2 Å². The Kier molecular flexibility index (Phi) is 8.07. The van der Waals surface area contributed by atoms with Gasteiger partial charge in [0.25, 0.3) is 0 Å². The SMILES string of the molecule is CN(C)C(=O)C(=O)N(C)c1cn(CC(=O)N2CCCCC2)c2nc(-c3ncc(Cc4ccc(F)cc4)s3)c(O)c(=O)n12. The van der Waals surface area contributed by atoms with Crippen molar-refractivity contribution in [3.05, 3.63) is 63.3 Å². The van der Waals surface area contributed by atoms with E-state index in [2.05, 4.69) is 9.97 Å². The molecule has 220 valence electrons. The van der Waals surface area contributed by atoms with Crippen molar-refractivity contribution in [3.63, 3.8) is 0 Å². The molecule has 0 unspecified atom stereocenters. The molecule has 1 aliphatic heterocycles. The van der Waals surface area contributed by atoms with Crippen molar-refractivity contribution in [1.29, 1.82) is 0 Å². The molecule has 0 saturated carbocycles. The lowest BCUT2D eigenvalue weighted by Gasteiger charge is -2.26. The number of likely N-dealkylation sites (tertiary alicyclic amines) is 1. The molecule has 0 atom stereocenters. The zero-order chi connectivity index (χ0) is 30.1. The molecule has 1 fully saturated rings. The summed E-state index contributed by atoms with van der Waals surface area (Å²) in [7, 11) is 4.19. The number of likely N-dealkylation sites (N-methyl/N-ethyl adjacent to an activating group) is 2. The molecule has 3 amide bonds. The summed E-state index contributed by atoms with van der Waals surface area (Å²) in [5.41, 5.74) is -0.111. The van der Waals surface area contributed by atoms with Gasteiger partial charge in [0.1, 0.15) is 23.2 Å². The largest absolute Gasteiger partial charge is 0.501 e. The predicted molar refractivity (Wildman–Crippen MR) is 154 cm³/mol. The summed E-state index contributed by atoms with van der Waals surface area (Å²) in [5, 5.41) is 11.3. The molecule has 42 heavy (non-hydrogen) atoms. The van der Waals surface area contributed by atoms with Gasteiger partial charge in [-0.3, -0.25) is 24.1 Å². The average molecular weight is 596 g/mol. The van der Waals surface area contributed by atoms with Gasteiger partial charge in [0.05, 0.1) is 0 Å². The first-order chi connectivity index (χ1) is 20.0. The van der Waals surface area contributed by atoms with Crippen molar-refractivity contribution in [2.75, 3.05) is 39.1 Å². The first kappa shape index (κ1) is 28.9. The van der Waals surface area contributed by atoms with E-state index in [9.17, 15) is 28.7 Å². The number of amides is 3. The van der Waals surface area contributed by atoms with E-state index in [1.165, 1.54) is 55.4 Å². The number of carbonyl (C=O) groups is 3. The highest BCUT2D eigenvalue weighted by molar-refractivity contribution is 7.15. The summed E-state index contributed by atoms with van der Waals surface area (Å²) in [6, 6.07) is 6.06. The third-order valence-corrected chi connectivity index (χ3v) is 8.10. The quantitative estimate of drug-likeness (QED) is 0.338. The molecular weight excluding hydrogens is 565 g/mol. The normalized spacial score (nSPS) is 13.4. The van der Waals surface area contributed by atoms with Crippen molar-refractivity contribution < 1.29 is 23.9 Å². The second kappa shape index (κ2) is 11.7. The average Bonchev–Trinajstić information content (AvgIpc) is 3.60. The van der Waals surface area contributed by atoms with Gasteiger partial charge in [0, 0.05) is 57.9 Å². The number of imidazole rings is 1. The van der Waals surface area contributed by atoms with Gasteiger partial charge in [-0.2, -0.15) is 0 Å². The fraction of sp³-hybridized carbons (Fsp3) is 0.357. The van der Waals surface area contributed by atoms with E-state index < -0.39 is 23.1 Å². The maximum atomic E-state index is 13.6. The Morgan fingerprint density at radius 3 is 2.40 bits per heavy atom. The maximum Gasteiger partial charge on any atom is 0.317 e. The number of hydrogen-bond donors (Lipinski definition) is 1. The van der Waals surface area contributed by atoms with Gasteiger partial charge in [-0.15, -0.1) is 11.3 Å². The number of anilines is 1. The highest BCUT2D eigenvalue weighted by Crippen LogP contribution is 2.31. The molecule has 4 heterocycles. The summed E-state index contributed by atoms with van der Waals surface area (Å²) in [6.45, 7) is 1.07. The Labute approximate surface area is 244 Å².